The lowest BCUT2D eigenvalue weighted by atomic mass is 9.83. The van der Waals surface area contributed by atoms with Crippen molar-refractivity contribution in [3.63, 3.8) is 0 Å². The molecule has 0 aromatic carbocycles. The summed E-state index contributed by atoms with van der Waals surface area (Å²) in [6, 6.07) is -0.114. The highest BCUT2D eigenvalue weighted by molar-refractivity contribution is 5.76. The van der Waals surface area contributed by atoms with Crippen molar-refractivity contribution in [3.8, 4) is 0 Å². The van der Waals surface area contributed by atoms with Crippen molar-refractivity contribution in [3.05, 3.63) is 12.7 Å². The summed E-state index contributed by atoms with van der Waals surface area (Å²) in [5.41, 5.74) is 5.84. The van der Waals surface area contributed by atoms with Gasteiger partial charge in [-0.3, -0.25) is 4.79 Å². The summed E-state index contributed by atoms with van der Waals surface area (Å²) in [6.07, 6.45) is 3.73. The first kappa shape index (κ1) is 12.0. The van der Waals surface area contributed by atoms with Crippen molar-refractivity contribution < 1.29 is 9.53 Å². The number of carbonyl (C=O) groups excluding carboxylic acids is 1. The van der Waals surface area contributed by atoms with Gasteiger partial charge in [-0.2, -0.15) is 5.10 Å². The summed E-state index contributed by atoms with van der Waals surface area (Å²) in [7, 11) is 0. The molecule has 3 N–H and O–H groups in total. The molecule has 1 aromatic rings. The Morgan fingerprint density at radius 1 is 1.71 bits per heavy atom. The summed E-state index contributed by atoms with van der Waals surface area (Å²) in [4.78, 5) is 15.5. The van der Waals surface area contributed by atoms with Gasteiger partial charge in [-0.25, -0.2) is 9.67 Å². The predicted octanol–water partition coefficient (Wildman–Crippen LogP) is -1.10. The zero-order valence-corrected chi connectivity index (χ0v) is 9.74. The Kier molecular flexibility index (Phi) is 3.70. The SMILES string of the molecule is CCOC1CC(N)C1NC(=O)Cn1cncn1. The number of nitrogens with two attached hydrogens (primary N) is 1. The summed E-state index contributed by atoms with van der Waals surface area (Å²) in [5.74, 6) is -0.125. The minimum atomic E-state index is -0.125. The van der Waals surface area contributed by atoms with E-state index in [4.69, 9.17) is 10.5 Å². The molecule has 94 valence electrons. The fourth-order valence-electron chi connectivity index (χ4n) is 1.92. The Balaban J connectivity index is 1.81. The van der Waals surface area contributed by atoms with E-state index in [0.29, 0.717) is 6.61 Å². The highest BCUT2D eigenvalue weighted by atomic mass is 16.5. The molecule has 1 heterocycles. The van der Waals surface area contributed by atoms with Crippen LogP contribution in [-0.4, -0.2) is 45.5 Å². The summed E-state index contributed by atoms with van der Waals surface area (Å²) < 4.78 is 6.93. The highest BCUT2D eigenvalue weighted by Gasteiger charge is 2.40. The number of nitrogens with one attached hydrogen (secondary N) is 1. The first-order valence-electron chi connectivity index (χ1n) is 5.69. The molecule has 0 spiro atoms. The van der Waals surface area contributed by atoms with Gasteiger partial charge in [-0.15, -0.1) is 0 Å². The number of aromatic nitrogens is 3. The van der Waals surface area contributed by atoms with Crippen molar-refractivity contribution in [2.24, 2.45) is 5.73 Å². The normalized spacial score (nSPS) is 27.5. The fraction of sp³-hybridized carbons (Fsp3) is 0.700. The van der Waals surface area contributed by atoms with E-state index in [0.717, 1.165) is 6.42 Å². The van der Waals surface area contributed by atoms with Crippen molar-refractivity contribution in [2.75, 3.05) is 6.61 Å². The van der Waals surface area contributed by atoms with Crippen LogP contribution in [0.15, 0.2) is 12.7 Å². The van der Waals surface area contributed by atoms with Crippen molar-refractivity contribution >= 4 is 5.91 Å². The molecular weight excluding hydrogens is 222 g/mol. The number of rotatable bonds is 5. The van der Waals surface area contributed by atoms with E-state index < -0.39 is 0 Å². The molecule has 0 aliphatic heterocycles. The van der Waals surface area contributed by atoms with Crippen LogP contribution < -0.4 is 11.1 Å². The molecule has 1 aromatic heterocycles. The fourth-order valence-corrected chi connectivity index (χ4v) is 1.92. The summed E-state index contributed by atoms with van der Waals surface area (Å²) >= 11 is 0. The van der Waals surface area contributed by atoms with Gasteiger partial charge in [0.25, 0.3) is 0 Å². The lowest BCUT2D eigenvalue weighted by molar-refractivity contribution is -0.126. The average molecular weight is 239 g/mol. The number of amides is 1. The standard InChI is InChI=1S/C10H17N5O2/c1-2-17-8-3-7(11)10(8)14-9(16)4-15-6-12-5-13-15/h5-8,10H,2-4,11H2,1H3,(H,14,16). The van der Waals surface area contributed by atoms with E-state index >= 15 is 0 Å². The van der Waals surface area contributed by atoms with Gasteiger partial charge in [0.2, 0.25) is 5.91 Å². The lowest BCUT2D eigenvalue weighted by Gasteiger charge is -2.42. The van der Waals surface area contributed by atoms with Crippen LogP contribution in [0.3, 0.4) is 0 Å². The Bertz CT molecular complexity index is 365. The van der Waals surface area contributed by atoms with Gasteiger partial charge < -0.3 is 15.8 Å². The first-order valence-corrected chi connectivity index (χ1v) is 5.69. The third-order valence-electron chi connectivity index (χ3n) is 2.85. The second-order valence-corrected chi connectivity index (χ2v) is 4.08. The Morgan fingerprint density at radius 2 is 2.53 bits per heavy atom. The minimum Gasteiger partial charge on any atom is -0.376 e. The maximum absolute atomic E-state index is 11.7. The molecule has 1 aliphatic carbocycles. The monoisotopic (exact) mass is 239 g/mol. The van der Waals surface area contributed by atoms with Crippen molar-refractivity contribution in [2.45, 2.75) is 38.1 Å². The van der Waals surface area contributed by atoms with E-state index in [1.54, 1.807) is 0 Å². The van der Waals surface area contributed by atoms with E-state index in [1.807, 2.05) is 6.92 Å². The molecule has 2 rings (SSSR count). The summed E-state index contributed by atoms with van der Waals surface area (Å²) in [6.45, 7) is 2.72. The number of hydrogen-bond acceptors (Lipinski definition) is 5. The molecule has 3 unspecified atom stereocenters. The van der Waals surface area contributed by atoms with Crippen LogP contribution in [0.5, 0.6) is 0 Å². The Morgan fingerprint density at radius 3 is 3.12 bits per heavy atom. The van der Waals surface area contributed by atoms with E-state index in [9.17, 15) is 4.79 Å². The van der Waals surface area contributed by atoms with Crippen LogP contribution in [0, 0.1) is 0 Å². The number of carbonyl (C=O) groups is 1. The van der Waals surface area contributed by atoms with Crippen LogP contribution >= 0.6 is 0 Å². The zero-order valence-electron chi connectivity index (χ0n) is 9.74. The molecule has 7 heteroatoms. The predicted molar refractivity (Wildman–Crippen MR) is 60.0 cm³/mol. The smallest absolute Gasteiger partial charge is 0.242 e. The quantitative estimate of drug-likeness (QED) is 0.680. The molecule has 0 radical (unpaired) electrons. The lowest BCUT2D eigenvalue weighted by Crippen LogP contribution is -2.65. The van der Waals surface area contributed by atoms with Crippen LogP contribution in [0.2, 0.25) is 0 Å². The molecule has 1 saturated carbocycles. The van der Waals surface area contributed by atoms with Crippen molar-refractivity contribution in [1.82, 2.24) is 20.1 Å². The minimum absolute atomic E-state index is 0.0220. The second kappa shape index (κ2) is 5.24. The van der Waals surface area contributed by atoms with E-state index in [1.165, 1.54) is 17.3 Å². The molecule has 7 nitrogen and oxygen atoms in total. The van der Waals surface area contributed by atoms with Gasteiger partial charge in [-0.05, 0) is 13.3 Å². The van der Waals surface area contributed by atoms with E-state index in [2.05, 4.69) is 15.4 Å². The number of ether oxygens (including phenoxy) is 1. The first-order chi connectivity index (χ1) is 8.20. The molecule has 1 fully saturated rings. The topological polar surface area (TPSA) is 95.1 Å². The van der Waals surface area contributed by atoms with Gasteiger partial charge in [-0.1, -0.05) is 0 Å². The van der Waals surface area contributed by atoms with Gasteiger partial charge >= 0.3 is 0 Å². The highest BCUT2D eigenvalue weighted by Crippen LogP contribution is 2.22. The Hall–Kier alpha value is -1.47. The molecule has 17 heavy (non-hydrogen) atoms. The van der Waals surface area contributed by atoms with Gasteiger partial charge in [0.1, 0.15) is 19.2 Å². The molecule has 1 amide bonds. The van der Waals surface area contributed by atoms with Gasteiger partial charge in [0.05, 0.1) is 12.1 Å². The maximum Gasteiger partial charge on any atom is 0.242 e. The van der Waals surface area contributed by atoms with Crippen LogP contribution in [0.4, 0.5) is 0 Å². The molecule has 0 bridgehead atoms. The van der Waals surface area contributed by atoms with Crippen LogP contribution in [0.25, 0.3) is 0 Å². The third-order valence-corrected chi connectivity index (χ3v) is 2.85. The molecule has 0 saturated heterocycles. The van der Waals surface area contributed by atoms with Gasteiger partial charge in [0, 0.05) is 12.6 Å². The second-order valence-electron chi connectivity index (χ2n) is 4.08. The van der Waals surface area contributed by atoms with Gasteiger partial charge in [0.15, 0.2) is 0 Å². The Labute approximate surface area is 99.3 Å². The van der Waals surface area contributed by atoms with E-state index in [-0.39, 0.29) is 30.6 Å². The molecular formula is C10H17N5O2. The van der Waals surface area contributed by atoms with Crippen LogP contribution in [0.1, 0.15) is 13.3 Å². The number of nitrogens with zero attached hydrogens (tertiary/aromatic N) is 3. The van der Waals surface area contributed by atoms with Crippen molar-refractivity contribution in [1.29, 1.82) is 0 Å². The average Bonchev–Trinajstić information content (AvgIpc) is 2.79. The summed E-state index contributed by atoms with van der Waals surface area (Å²) in [5, 5.41) is 6.73. The molecule has 1 aliphatic rings. The largest absolute Gasteiger partial charge is 0.376 e. The van der Waals surface area contributed by atoms with Crippen LogP contribution in [-0.2, 0) is 16.1 Å². The zero-order chi connectivity index (χ0) is 12.3. The maximum atomic E-state index is 11.7. The number of hydrogen-bond donors (Lipinski definition) is 2. The third kappa shape index (κ3) is 2.80. The molecule has 3 atom stereocenters.